The van der Waals surface area contributed by atoms with Crippen LogP contribution in [0.3, 0.4) is 0 Å². The molecule has 0 bridgehead atoms. The summed E-state index contributed by atoms with van der Waals surface area (Å²) in [6, 6.07) is 8.01. The molecule has 0 aromatic heterocycles. The van der Waals surface area contributed by atoms with E-state index in [-0.39, 0.29) is 0 Å². The predicted octanol–water partition coefficient (Wildman–Crippen LogP) is 2.88. The third-order valence-electron chi connectivity index (χ3n) is 2.63. The lowest BCUT2D eigenvalue weighted by molar-refractivity contribution is 0.172. The zero-order chi connectivity index (χ0) is 13.2. The van der Waals surface area contributed by atoms with Crippen molar-refractivity contribution in [2.24, 2.45) is 5.16 Å². The highest BCUT2D eigenvalue weighted by atomic mass is 16.5. The maximum Gasteiger partial charge on any atom is 0.119 e. The summed E-state index contributed by atoms with van der Waals surface area (Å²) in [5.74, 6) is 0.877. The fraction of sp³-hybridized carbons (Fsp3) is 0.500. The van der Waals surface area contributed by atoms with Gasteiger partial charge in [-0.2, -0.15) is 0 Å². The molecule has 0 aliphatic carbocycles. The van der Waals surface area contributed by atoms with E-state index >= 15 is 0 Å². The molecule has 0 amide bonds. The summed E-state index contributed by atoms with van der Waals surface area (Å²) in [7, 11) is 1.69. The van der Waals surface area contributed by atoms with E-state index in [0.29, 0.717) is 6.61 Å². The predicted molar refractivity (Wildman–Crippen MR) is 71.6 cm³/mol. The number of methoxy groups -OCH3 is 1. The lowest BCUT2D eigenvalue weighted by Crippen LogP contribution is -2.01. The molecule has 18 heavy (non-hydrogen) atoms. The Bertz CT molecular complexity index is 360. The second-order valence-corrected chi connectivity index (χ2v) is 4.17. The number of hydrogen-bond donors (Lipinski definition) is 1. The molecular weight excluding hydrogens is 230 g/mol. The lowest BCUT2D eigenvalue weighted by Gasteiger charge is -2.07. The minimum atomic E-state index is 0.670. The van der Waals surface area contributed by atoms with Crippen molar-refractivity contribution >= 4 is 5.71 Å². The molecule has 4 heteroatoms. The number of nitrogens with zero attached hydrogens (tertiary/aromatic N) is 1. The van der Waals surface area contributed by atoms with Crippen molar-refractivity contribution in [1.82, 2.24) is 0 Å². The van der Waals surface area contributed by atoms with Crippen LogP contribution < -0.4 is 4.74 Å². The smallest absolute Gasteiger partial charge is 0.119 e. The quantitative estimate of drug-likeness (QED) is 0.334. The minimum Gasteiger partial charge on any atom is -0.494 e. The van der Waals surface area contributed by atoms with Crippen molar-refractivity contribution in [3.05, 3.63) is 29.8 Å². The van der Waals surface area contributed by atoms with Crippen LogP contribution in [-0.4, -0.2) is 31.2 Å². The van der Waals surface area contributed by atoms with Crippen molar-refractivity contribution in [2.75, 3.05) is 20.3 Å². The monoisotopic (exact) mass is 251 g/mol. The molecule has 4 nitrogen and oxygen atoms in total. The molecule has 0 saturated carbocycles. The van der Waals surface area contributed by atoms with Gasteiger partial charge in [-0.05, 0) is 37.5 Å². The van der Waals surface area contributed by atoms with Crippen LogP contribution >= 0.6 is 0 Å². The van der Waals surface area contributed by atoms with Gasteiger partial charge in [0.1, 0.15) is 5.75 Å². The first-order chi connectivity index (χ1) is 8.76. The number of rotatable bonds is 8. The topological polar surface area (TPSA) is 51.0 Å². The summed E-state index contributed by atoms with van der Waals surface area (Å²) < 4.78 is 10.5. The average Bonchev–Trinajstić information content (AvgIpc) is 2.42. The van der Waals surface area contributed by atoms with Gasteiger partial charge in [-0.1, -0.05) is 17.3 Å². The average molecular weight is 251 g/mol. The minimum absolute atomic E-state index is 0.670. The van der Waals surface area contributed by atoms with Gasteiger partial charge in [0.05, 0.1) is 12.3 Å². The number of hydrogen-bond acceptors (Lipinski definition) is 4. The molecule has 0 aliphatic heterocycles. The van der Waals surface area contributed by atoms with E-state index in [2.05, 4.69) is 5.16 Å². The van der Waals surface area contributed by atoms with Crippen molar-refractivity contribution in [1.29, 1.82) is 0 Å². The maximum atomic E-state index is 8.56. The number of benzene rings is 1. The van der Waals surface area contributed by atoms with Crippen LogP contribution in [0.5, 0.6) is 5.75 Å². The molecule has 0 aliphatic rings. The highest BCUT2D eigenvalue weighted by molar-refractivity contribution is 5.81. The van der Waals surface area contributed by atoms with E-state index in [9.17, 15) is 0 Å². The second kappa shape index (κ2) is 8.53. The Balaban J connectivity index is 2.33. The van der Waals surface area contributed by atoms with Crippen molar-refractivity contribution < 1.29 is 14.7 Å². The van der Waals surface area contributed by atoms with Gasteiger partial charge in [-0.25, -0.2) is 0 Å². The van der Waals surface area contributed by atoms with E-state index in [1.54, 1.807) is 7.11 Å². The number of aryl methyl sites for hydroxylation is 1. The highest BCUT2D eigenvalue weighted by Crippen LogP contribution is 2.13. The second-order valence-electron chi connectivity index (χ2n) is 4.17. The number of oxime groups is 1. The molecule has 1 aromatic carbocycles. The van der Waals surface area contributed by atoms with Crippen LogP contribution in [0, 0.1) is 0 Å². The van der Waals surface area contributed by atoms with Gasteiger partial charge in [0, 0.05) is 20.1 Å². The third kappa shape index (κ3) is 5.68. The van der Waals surface area contributed by atoms with Crippen LogP contribution in [0.15, 0.2) is 29.4 Å². The largest absolute Gasteiger partial charge is 0.494 e. The summed E-state index contributed by atoms with van der Waals surface area (Å²) in [6.45, 7) is 3.20. The molecule has 0 unspecified atom stereocenters. The van der Waals surface area contributed by atoms with Crippen LogP contribution in [-0.2, 0) is 11.2 Å². The molecule has 0 fully saturated rings. The Morgan fingerprint density at radius 3 is 2.56 bits per heavy atom. The zero-order valence-electron chi connectivity index (χ0n) is 11.1. The third-order valence-corrected chi connectivity index (χ3v) is 2.63. The molecule has 0 saturated heterocycles. The summed E-state index contributed by atoms with van der Waals surface area (Å²) in [4.78, 5) is 0. The summed E-state index contributed by atoms with van der Waals surface area (Å²) in [5.41, 5.74) is 1.96. The van der Waals surface area contributed by atoms with Gasteiger partial charge in [0.15, 0.2) is 0 Å². The van der Waals surface area contributed by atoms with Gasteiger partial charge in [0.25, 0.3) is 0 Å². The standard InChI is InChI=1S/C14H21NO3/c1-12(15-16)4-5-13-6-8-14(9-7-13)18-11-3-10-17-2/h6-9,16H,3-5,10-11H2,1-2H3/b15-12+. The Hall–Kier alpha value is -1.55. The summed E-state index contributed by atoms with van der Waals surface area (Å²) >= 11 is 0. The lowest BCUT2D eigenvalue weighted by atomic mass is 10.1. The van der Waals surface area contributed by atoms with E-state index in [0.717, 1.165) is 37.3 Å². The van der Waals surface area contributed by atoms with Crippen LogP contribution in [0.1, 0.15) is 25.3 Å². The van der Waals surface area contributed by atoms with Crippen molar-refractivity contribution in [3.8, 4) is 5.75 Å². The van der Waals surface area contributed by atoms with Gasteiger partial charge in [-0.15, -0.1) is 0 Å². The van der Waals surface area contributed by atoms with Gasteiger partial charge in [-0.3, -0.25) is 0 Å². The first-order valence-corrected chi connectivity index (χ1v) is 6.14. The summed E-state index contributed by atoms with van der Waals surface area (Å²) in [6.07, 6.45) is 2.54. The van der Waals surface area contributed by atoms with E-state index < -0.39 is 0 Å². The molecule has 0 heterocycles. The highest BCUT2D eigenvalue weighted by Gasteiger charge is 1.98. The SMILES string of the molecule is COCCCOc1ccc(CC/C(C)=N/O)cc1. The molecule has 0 radical (unpaired) electrons. The normalized spacial score (nSPS) is 11.6. The summed E-state index contributed by atoms with van der Waals surface area (Å²) in [5, 5.41) is 11.7. The Kier molecular flexibility index (Phi) is 6.87. The molecule has 1 N–H and O–H groups in total. The van der Waals surface area contributed by atoms with Crippen LogP contribution in [0.4, 0.5) is 0 Å². The van der Waals surface area contributed by atoms with Crippen LogP contribution in [0.2, 0.25) is 0 Å². The van der Waals surface area contributed by atoms with Gasteiger partial charge >= 0.3 is 0 Å². The van der Waals surface area contributed by atoms with E-state index in [1.807, 2.05) is 31.2 Å². The molecular formula is C14H21NO3. The Morgan fingerprint density at radius 1 is 1.22 bits per heavy atom. The molecule has 1 rings (SSSR count). The first-order valence-electron chi connectivity index (χ1n) is 6.14. The molecule has 0 spiro atoms. The Labute approximate surface area is 108 Å². The first kappa shape index (κ1) is 14.5. The fourth-order valence-electron chi connectivity index (χ4n) is 1.52. The Morgan fingerprint density at radius 2 is 1.94 bits per heavy atom. The molecule has 100 valence electrons. The maximum absolute atomic E-state index is 8.56. The van der Waals surface area contributed by atoms with Gasteiger partial charge in [0.2, 0.25) is 0 Å². The fourth-order valence-corrected chi connectivity index (χ4v) is 1.52. The van der Waals surface area contributed by atoms with E-state index in [1.165, 1.54) is 5.56 Å². The van der Waals surface area contributed by atoms with Crippen molar-refractivity contribution in [2.45, 2.75) is 26.2 Å². The van der Waals surface area contributed by atoms with E-state index in [4.69, 9.17) is 14.7 Å². The van der Waals surface area contributed by atoms with Crippen molar-refractivity contribution in [3.63, 3.8) is 0 Å². The molecule has 0 atom stereocenters. The molecule has 1 aromatic rings. The number of ether oxygens (including phenoxy) is 2. The zero-order valence-corrected chi connectivity index (χ0v) is 11.1. The van der Waals surface area contributed by atoms with Crippen LogP contribution in [0.25, 0.3) is 0 Å². The van der Waals surface area contributed by atoms with Gasteiger partial charge < -0.3 is 14.7 Å².